The number of benzene rings is 8. The van der Waals surface area contributed by atoms with Crippen molar-refractivity contribution in [1.82, 2.24) is 0 Å². The van der Waals surface area contributed by atoms with Crippen LogP contribution in [0.25, 0.3) is 64.0 Å². The van der Waals surface area contributed by atoms with E-state index in [9.17, 15) is 0 Å². The first kappa shape index (κ1) is 27.6. The molecule has 2 aromatic heterocycles. The fourth-order valence-electron chi connectivity index (χ4n) is 7.89. The zero-order chi connectivity index (χ0) is 32.8. The minimum atomic E-state index is 0.878. The molecule has 0 radical (unpaired) electrons. The number of rotatable bonds is 3. The van der Waals surface area contributed by atoms with Gasteiger partial charge >= 0.3 is 0 Å². The molecule has 50 heavy (non-hydrogen) atoms. The van der Waals surface area contributed by atoms with E-state index in [2.05, 4.69) is 168 Å². The van der Waals surface area contributed by atoms with Gasteiger partial charge in [0.15, 0.2) is 0 Å². The van der Waals surface area contributed by atoms with Crippen LogP contribution >= 0.6 is 11.3 Å². The zero-order valence-electron chi connectivity index (χ0n) is 26.9. The van der Waals surface area contributed by atoms with Crippen molar-refractivity contribution in [3.05, 3.63) is 170 Å². The number of hydrogen-bond donors (Lipinski definition) is 0. The molecule has 4 heteroatoms. The fourth-order valence-corrected chi connectivity index (χ4v) is 9.19. The fraction of sp³-hybridized carbons (Fsp3) is 0. The summed E-state index contributed by atoms with van der Waals surface area (Å²) >= 11 is 1.88. The van der Waals surface area contributed by atoms with Crippen molar-refractivity contribution >= 4 is 98.3 Å². The van der Waals surface area contributed by atoms with Crippen LogP contribution in [0.1, 0.15) is 0 Å². The van der Waals surface area contributed by atoms with E-state index in [0.717, 1.165) is 55.9 Å². The summed E-state index contributed by atoms with van der Waals surface area (Å²) in [5.41, 5.74) is 10.8. The minimum absolute atomic E-state index is 0.878. The van der Waals surface area contributed by atoms with E-state index in [0.29, 0.717) is 0 Å². The largest absolute Gasteiger partial charge is 0.456 e. The number of fused-ring (bicyclic) bond motifs is 7. The number of hydrogen-bond acceptors (Lipinski definition) is 4. The average molecular weight is 657 g/mol. The van der Waals surface area contributed by atoms with Gasteiger partial charge < -0.3 is 14.2 Å². The van der Waals surface area contributed by atoms with E-state index in [-0.39, 0.29) is 0 Å². The molecule has 0 saturated heterocycles. The number of nitrogens with zero attached hydrogens (tertiary/aromatic N) is 2. The molecule has 11 rings (SSSR count). The van der Waals surface area contributed by atoms with Gasteiger partial charge in [-0.2, -0.15) is 0 Å². The Morgan fingerprint density at radius 3 is 1.78 bits per heavy atom. The summed E-state index contributed by atoms with van der Waals surface area (Å²) in [5, 5.41) is 7.21. The molecule has 3 heterocycles. The van der Waals surface area contributed by atoms with Crippen LogP contribution in [0.15, 0.2) is 174 Å². The third-order valence-electron chi connectivity index (χ3n) is 10.1. The second kappa shape index (κ2) is 10.6. The lowest BCUT2D eigenvalue weighted by molar-refractivity contribution is 0.669. The highest BCUT2D eigenvalue weighted by atomic mass is 32.1. The van der Waals surface area contributed by atoms with Crippen LogP contribution in [0, 0.1) is 0 Å². The molecule has 10 aromatic rings. The smallest absolute Gasteiger partial charge is 0.137 e. The first-order valence-corrected chi connectivity index (χ1v) is 17.7. The van der Waals surface area contributed by atoms with Crippen LogP contribution in [0.5, 0.6) is 0 Å². The van der Waals surface area contributed by atoms with Crippen molar-refractivity contribution in [1.29, 1.82) is 0 Å². The molecule has 0 N–H and O–H groups in total. The Kier molecular flexibility index (Phi) is 5.83. The molecule has 0 saturated carbocycles. The molecule has 0 aliphatic carbocycles. The van der Waals surface area contributed by atoms with Crippen molar-refractivity contribution in [2.45, 2.75) is 0 Å². The van der Waals surface area contributed by atoms with Gasteiger partial charge in [0, 0.05) is 50.1 Å². The predicted octanol–water partition coefficient (Wildman–Crippen LogP) is 14.0. The maximum atomic E-state index is 6.46. The lowest BCUT2D eigenvalue weighted by atomic mass is 10.0. The number of anilines is 6. The topological polar surface area (TPSA) is 19.6 Å². The summed E-state index contributed by atoms with van der Waals surface area (Å²) in [6.45, 7) is 0. The maximum Gasteiger partial charge on any atom is 0.137 e. The highest BCUT2D eigenvalue weighted by molar-refractivity contribution is 7.27. The first-order chi connectivity index (χ1) is 24.8. The van der Waals surface area contributed by atoms with Crippen molar-refractivity contribution < 1.29 is 4.42 Å². The Morgan fingerprint density at radius 1 is 0.360 bits per heavy atom. The summed E-state index contributed by atoms with van der Waals surface area (Å²) in [5.74, 6) is 0. The Hall–Kier alpha value is -6.36. The molecule has 0 unspecified atom stereocenters. The van der Waals surface area contributed by atoms with Gasteiger partial charge in [-0.25, -0.2) is 0 Å². The maximum absolute atomic E-state index is 6.46. The lowest BCUT2D eigenvalue weighted by Gasteiger charge is -2.31. The van der Waals surface area contributed by atoms with Gasteiger partial charge in [-0.15, -0.1) is 11.3 Å². The predicted molar refractivity (Wildman–Crippen MR) is 212 cm³/mol. The van der Waals surface area contributed by atoms with E-state index in [1.165, 1.54) is 42.2 Å². The molecule has 0 spiro atoms. The van der Waals surface area contributed by atoms with Gasteiger partial charge in [0.25, 0.3) is 0 Å². The van der Waals surface area contributed by atoms with Crippen molar-refractivity contribution in [3.63, 3.8) is 0 Å². The Balaban J connectivity index is 1.28. The standard InChI is InChI=1S/C46H28N2OS/c1-2-11-29(12-3-1)31-25-33-27-34(26-31)48(40-19-8-14-30-13-4-5-15-35(30)40)42-21-10-18-39-38-17-9-20-41(45(38)50-46(39)42)47(33)32-23-24-37-36-16-6-7-22-43(36)49-44(37)28-32/h1-28H. The van der Waals surface area contributed by atoms with Gasteiger partial charge in [0.1, 0.15) is 11.2 Å². The van der Waals surface area contributed by atoms with Gasteiger partial charge in [-0.05, 0) is 71.1 Å². The van der Waals surface area contributed by atoms with Crippen molar-refractivity contribution in [2.24, 2.45) is 0 Å². The molecule has 0 fully saturated rings. The molecule has 4 bridgehead atoms. The Bertz CT molecular complexity index is 2950. The first-order valence-electron chi connectivity index (χ1n) is 16.9. The van der Waals surface area contributed by atoms with Gasteiger partial charge in [0.2, 0.25) is 0 Å². The summed E-state index contributed by atoms with van der Waals surface area (Å²) < 4.78 is 8.98. The molecule has 3 nitrogen and oxygen atoms in total. The summed E-state index contributed by atoms with van der Waals surface area (Å²) in [6, 6.07) is 61.5. The van der Waals surface area contributed by atoms with Crippen LogP contribution in [0.4, 0.5) is 34.1 Å². The summed E-state index contributed by atoms with van der Waals surface area (Å²) in [4.78, 5) is 4.90. The normalized spacial score (nSPS) is 12.7. The number of thiophene rings is 1. The lowest BCUT2D eigenvalue weighted by Crippen LogP contribution is -2.14. The van der Waals surface area contributed by atoms with Crippen LogP contribution in [0.3, 0.4) is 0 Å². The van der Waals surface area contributed by atoms with Crippen molar-refractivity contribution in [2.75, 3.05) is 9.80 Å². The summed E-state index contributed by atoms with van der Waals surface area (Å²) in [7, 11) is 0. The van der Waals surface area contributed by atoms with Gasteiger partial charge in [0.05, 0.1) is 26.5 Å². The van der Waals surface area contributed by atoms with E-state index < -0.39 is 0 Å². The Labute approximate surface area is 292 Å². The van der Waals surface area contributed by atoms with Gasteiger partial charge in [-0.3, -0.25) is 0 Å². The second-order valence-corrected chi connectivity index (χ2v) is 14.0. The third-order valence-corrected chi connectivity index (χ3v) is 11.4. The summed E-state index contributed by atoms with van der Waals surface area (Å²) in [6.07, 6.45) is 0. The van der Waals surface area contributed by atoms with Crippen LogP contribution in [-0.4, -0.2) is 0 Å². The monoisotopic (exact) mass is 656 g/mol. The third kappa shape index (κ3) is 4.03. The van der Waals surface area contributed by atoms with Crippen LogP contribution < -0.4 is 9.80 Å². The van der Waals surface area contributed by atoms with E-state index >= 15 is 0 Å². The van der Waals surface area contributed by atoms with E-state index in [4.69, 9.17) is 4.42 Å². The van der Waals surface area contributed by atoms with E-state index in [1.807, 2.05) is 23.5 Å². The number of furan rings is 1. The quantitative estimate of drug-likeness (QED) is 0.189. The SMILES string of the molecule is c1ccc(-c2cc3cc(c2)N(c2cccc4ccccc24)c2cccc4c2sc2c(cccc24)N3c2ccc3c(c2)oc2ccccc23)cc1. The van der Waals surface area contributed by atoms with E-state index in [1.54, 1.807) is 0 Å². The molecule has 234 valence electrons. The highest BCUT2D eigenvalue weighted by Crippen LogP contribution is 2.53. The molecule has 0 atom stereocenters. The molecule has 1 aliphatic heterocycles. The molecular formula is C46H28N2OS. The molecule has 0 amide bonds. The second-order valence-electron chi connectivity index (χ2n) is 13.0. The number of para-hydroxylation sites is 1. The van der Waals surface area contributed by atoms with Crippen LogP contribution in [0.2, 0.25) is 0 Å². The van der Waals surface area contributed by atoms with Crippen LogP contribution in [-0.2, 0) is 0 Å². The van der Waals surface area contributed by atoms with Gasteiger partial charge in [-0.1, -0.05) is 109 Å². The van der Waals surface area contributed by atoms with Crippen molar-refractivity contribution in [3.8, 4) is 11.1 Å². The zero-order valence-corrected chi connectivity index (χ0v) is 27.7. The molecule has 1 aliphatic rings. The minimum Gasteiger partial charge on any atom is -0.456 e. The molecular weight excluding hydrogens is 629 g/mol. The highest BCUT2D eigenvalue weighted by Gasteiger charge is 2.26. The molecule has 8 aromatic carbocycles. The average Bonchev–Trinajstić information content (AvgIpc) is 3.74. The Morgan fingerprint density at radius 2 is 0.960 bits per heavy atom.